The highest BCUT2D eigenvalue weighted by molar-refractivity contribution is 9.13. The maximum absolute atomic E-state index is 13.6. The van der Waals surface area contributed by atoms with Crippen LogP contribution in [0.25, 0.3) is 0 Å². The molecule has 1 fully saturated rings. The predicted octanol–water partition coefficient (Wildman–Crippen LogP) is 3.63. The van der Waals surface area contributed by atoms with Gasteiger partial charge in [-0.05, 0) is 49.6 Å². The van der Waals surface area contributed by atoms with E-state index in [1.54, 1.807) is 6.07 Å². The van der Waals surface area contributed by atoms with Crippen LogP contribution in [-0.4, -0.2) is 18.6 Å². The van der Waals surface area contributed by atoms with Crippen molar-refractivity contribution in [2.45, 2.75) is 12.0 Å². The number of carbonyl (C=O) groups excluding carboxylic acids is 1. The Hall–Kier alpha value is -0.690. The first kappa shape index (κ1) is 12.8. The third-order valence-electron chi connectivity index (χ3n) is 2.36. The molecular formula is C10H7Br2F2NO2. The van der Waals surface area contributed by atoms with E-state index in [-0.39, 0.29) is 0 Å². The molecule has 1 amide bonds. The van der Waals surface area contributed by atoms with E-state index in [1.807, 2.05) is 0 Å². The number of alkyl carbamates (subject to hydrolysis) is 1. The van der Waals surface area contributed by atoms with Gasteiger partial charge in [0.15, 0.2) is 6.61 Å². The van der Waals surface area contributed by atoms with Crippen LogP contribution in [0.3, 0.4) is 0 Å². The SMILES string of the molecule is O=C1N[C@H](c2ccc(Br)c(Br)c2)C(F)(F)CO1. The van der Waals surface area contributed by atoms with E-state index in [4.69, 9.17) is 0 Å². The molecule has 1 saturated heterocycles. The minimum Gasteiger partial charge on any atom is -0.443 e. The second-order valence-corrected chi connectivity index (χ2v) is 5.30. The van der Waals surface area contributed by atoms with Gasteiger partial charge in [-0.2, -0.15) is 0 Å². The number of benzene rings is 1. The molecule has 1 aromatic rings. The van der Waals surface area contributed by atoms with E-state index < -0.39 is 24.7 Å². The van der Waals surface area contributed by atoms with E-state index >= 15 is 0 Å². The van der Waals surface area contributed by atoms with Gasteiger partial charge in [0.2, 0.25) is 0 Å². The molecule has 7 heteroatoms. The molecule has 0 aliphatic carbocycles. The highest BCUT2D eigenvalue weighted by Crippen LogP contribution is 2.36. The van der Waals surface area contributed by atoms with Crippen molar-refractivity contribution in [2.24, 2.45) is 0 Å². The van der Waals surface area contributed by atoms with Crippen molar-refractivity contribution < 1.29 is 18.3 Å². The van der Waals surface area contributed by atoms with Crippen molar-refractivity contribution in [3.05, 3.63) is 32.7 Å². The quantitative estimate of drug-likeness (QED) is 0.819. The van der Waals surface area contributed by atoms with Gasteiger partial charge in [0.1, 0.15) is 6.04 Å². The van der Waals surface area contributed by atoms with E-state index in [2.05, 4.69) is 41.9 Å². The lowest BCUT2D eigenvalue weighted by molar-refractivity contribution is -0.104. The van der Waals surface area contributed by atoms with Gasteiger partial charge in [-0.15, -0.1) is 0 Å². The van der Waals surface area contributed by atoms with Gasteiger partial charge >= 0.3 is 12.0 Å². The molecule has 3 nitrogen and oxygen atoms in total. The van der Waals surface area contributed by atoms with Crippen LogP contribution in [0.1, 0.15) is 11.6 Å². The lowest BCUT2D eigenvalue weighted by Crippen LogP contribution is -2.49. The number of rotatable bonds is 1. The number of alkyl halides is 2. The number of hydrogen-bond acceptors (Lipinski definition) is 2. The largest absolute Gasteiger partial charge is 0.443 e. The van der Waals surface area contributed by atoms with Crippen LogP contribution in [0.5, 0.6) is 0 Å². The highest BCUT2D eigenvalue weighted by Gasteiger charge is 2.46. The summed E-state index contributed by atoms with van der Waals surface area (Å²) in [5, 5.41) is 2.12. The topological polar surface area (TPSA) is 38.3 Å². The summed E-state index contributed by atoms with van der Waals surface area (Å²) in [5.74, 6) is -3.12. The zero-order chi connectivity index (χ0) is 12.6. The Labute approximate surface area is 113 Å². The first-order valence-corrected chi connectivity index (χ1v) is 6.25. The summed E-state index contributed by atoms with van der Waals surface area (Å²) in [5.41, 5.74) is 0.321. The molecule has 2 rings (SSSR count). The van der Waals surface area contributed by atoms with Crippen LogP contribution in [0, 0.1) is 0 Å². The molecule has 92 valence electrons. The molecule has 1 aromatic carbocycles. The summed E-state index contributed by atoms with van der Waals surface area (Å²) in [4.78, 5) is 11.0. The molecule has 0 saturated carbocycles. The average Bonchev–Trinajstić information content (AvgIpc) is 2.26. The molecule has 0 spiro atoms. The highest BCUT2D eigenvalue weighted by atomic mass is 79.9. The van der Waals surface area contributed by atoms with E-state index in [0.29, 0.717) is 10.0 Å². The van der Waals surface area contributed by atoms with Crippen LogP contribution in [0.4, 0.5) is 13.6 Å². The average molecular weight is 371 g/mol. The van der Waals surface area contributed by atoms with Gasteiger partial charge < -0.3 is 10.1 Å². The third kappa shape index (κ3) is 2.60. The number of ether oxygens (including phenoxy) is 1. The zero-order valence-electron chi connectivity index (χ0n) is 8.34. The summed E-state index contributed by atoms with van der Waals surface area (Å²) in [6.45, 7) is -0.906. The summed E-state index contributed by atoms with van der Waals surface area (Å²) in [6.07, 6.45) is -0.833. The van der Waals surface area contributed by atoms with Crippen molar-refractivity contribution in [1.29, 1.82) is 0 Å². The summed E-state index contributed by atoms with van der Waals surface area (Å²) >= 11 is 6.48. The molecule has 17 heavy (non-hydrogen) atoms. The second kappa shape index (κ2) is 4.53. The molecule has 0 unspecified atom stereocenters. The summed E-state index contributed by atoms with van der Waals surface area (Å²) in [7, 11) is 0. The summed E-state index contributed by atoms with van der Waals surface area (Å²) in [6, 6.07) is 3.33. The minimum atomic E-state index is -3.12. The Bertz CT molecular complexity index is 468. The van der Waals surface area contributed by atoms with Gasteiger partial charge in [-0.25, -0.2) is 13.6 Å². The van der Waals surface area contributed by atoms with Gasteiger partial charge in [0.25, 0.3) is 0 Å². The molecule has 1 atom stereocenters. The molecule has 1 heterocycles. The Morgan fingerprint density at radius 3 is 2.71 bits per heavy atom. The fourth-order valence-corrected chi connectivity index (χ4v) is 2.17. The van der Waals surface area contributed by atoms with Crippen molar-refractivity contribution in [3.63, 3.8) is 0 Å². The van der Waals surface area contributed by atoms with Crippen LogP contribution in [-0.2, 0) is 4.74 Å². The molecule has 0 radical (unpaired) electrons. The monoisotopic (exact) mass is 369 g/mol. The standard InChI is InChI=1S/C10H7Br2F2NO2/c11-6-2-1-5(3-7(6)12)8-10(13,14)4-17-9(16)15-8/h1-3,8H,4H2,(H,15,16)/t8-/m1/s1. The molecule has 1 aliphatic rings. The first-order valence-electron chi connectivity index (χ1n) is 4.66. The van der Waals surface area contributed by atoms with Crippen molar-refractivity contribution in [2.75, 3.05) is 6.61 Å². The number of amides is 1. The molecular weight excluding hydrogens is 364 g/mol. The third-order valence-corrected chi connectivity index (χ3v) is 4.24. The maximum atomic E-state index is 13.6. The number of carbonyl (C=O) groups is 1. The Kier molecular flexibility index (Phi) is 3.40. The fourth-order valence-electron chi connectivity index (χ4n) is 1.53. The lowest BCUT2D eigenvalue weighted by atomic mass is 10.0. The minimum absolute atomic E-state index is 0.321. The van der Waals surface area contributed by atoms with Crippen LogP contribution < -0.4 is 5.32 Å². The normalized spacial score (nSPS) is 22.8. The molecule has 1 N–H and O–H groups in total. The van der Waals surface area contributed by atoms with Crippen molar-refractivity contribution in [1.82, 2.24) is 5.32 Å². The van der Waals surface area contributed by atoms with Gasteiger partial charge in [-0.3, -0.25) is 0 Å². The van der Waals surface area contributed by atoms with E-state index in [1.165, 1.54) is 12.1 Å². The molecule has 1 aliphatic heterocycles. The zero-order valence-corrected chi connectivity index (χ0v) is 11.5. The fraction of sp³-hybridized carbons (Fsp3) is 0.300. The first-order chi connectivity index (χ1) is 7.90. The maximum Gasteiger partial charge on any atom is 0.408 e. The predicted molar refractivity (Wildman–Crippen MR) is 64.0 cm³/mol. The lowest BCUT2D eigenvalue weighted by Gasteiger charge is -2.31. The van der Waals surface area contributed by atoms with Crippen LogP contribution >= 0.6 is 31.9 Å². The van der Waals surface area contributed by atoms with Crippen LogP contribution in [0.15, 0.2) is 27.1 Å². The number of halogens is 4. The number of cyclic esters (lactones) is 1. The molecule has 0 bridgehead atoms. The Morgan fingerprint density at radius 2 is 2.06 bits per heavy atom. The van der Waals surface area contributed by atoms with Gasteiger partial charge in [0.05, 0.1) is 0 Å². The van der Waals surface area contributed by atoms with Crippen LogP contribution in [0.2, 0.25) is 0 Å². The van der Waals surface area contributed by atoms with E-state index in [0.717, 1.165) is 4.47 Å². The second-order valence-electron chi connectivity index (χ2n) is 3.59. The Morgan fingerprint density at radius 1 is 1.35 bits per heavy atom. The van der Waals surface area contributed by atoms with Crippen molar-refractivity contribution in [3.8, 4) is 0 Å². The van der Waals surface area contributed by atoms with Crippen molar-refractivity contribution >= 4 is 38.0 Å². The number of hydrogen-bond donors (Lipinski definition) is 1. The Balaban J connectivity index is 2.36. The summed E-state index contributed by atoms with van der Waals surface area (Å²) < 4.78 is 32.9. The smallest absolute Gasteiger partial charge is 0.408 e. The number of nitrogens with one attached hydrogen (secondary N) is 1. The van der Waals surface area contributed by atoms with Gasteiger partial charge in [0, 0.05) is 8.95 Å². The molecule has 0 aromatic heterocycles. The van der Waals surface area contributed by atoms with E-state index in [9.17, 15) is 13.6 Å². The van der Waals surface area contributed by atoms with Gasteiger partial charge in [-0.1, -0.05) is 6.07 Å².